The summed E-state index contributed by atoms with van der Waals surface area (Å²) in [6.07, 6.45) is 0.196. The summed E-state index contributed by atoms with van der Waals surface area (Å²) in [5, 5.41) is 10.8. The van der Waals surface area contributed by atoms with Gasteiger partial charge in [-0.15, -0.1) is 0 Å². The SMILES string of the molecule is O=C(NCCO)Oc1ccc(C(=O)NS(=O)(=O)CCOc2ccc(F)cc2)cn1. The van der Waals surface area contributed by atoms with E-state index in [0.29, 0.717) is 0 Å². The van der Waals surface area contributed by atoms with Crippen LogP contribution in [-0.4, -0.2) is 56.0 Å². The van der Waals surface area contributed by atoms with E-state index in [-0.39, 0.29) is 37.0 Å². The lowest BCUT2D eigenvalue weighted by Gasteiger charge is -2.09. The van der Waals surface area contributed by atoms with Gasteiger partial charge >= 0.3 is 6.09 Å². The number of pyridine rings is 1. The summed E-state index contributed by atoms with van der Waals surface area (Å²) in [6, 6.07) is 7.46. The van der Waals surface area contributed by atoms with Crippen LogP contribution in [0.4, 0.5) is 9.18 Å². The molecule has 0 aliphatic rings. The second kappa shape index (κ2) is 10.3. The largest absolute Gasteiger partial charge is 0.492 e. The Morgan fingerprint density at radius 1 is 1.14 bits per heavy atom. The summed E-state index contributed by atoms with van der Waals surface area (Å²) >= 11 is 0. The van der Waals surface area contributed by atoms with E-state index in [1.54, 1.807) is 0 Å². The van der Waals surface area contributed by atoms with E-state index in [9.17, 15) is 22.4 Å². The van der Waals surface area contributed by atoms with Gasteiger partial charge in [0.25, 0.3) is 5.91 Å². The first-order valence-electron chi connectivity index (χ1n) is 8.25. The third kappa shape index (κ3) is 7.71. The lowest BCUT2D eigenvalue weighted by molar-refractivity contribution is 0.0981. The zero-order valence-corrected chi connectivity index (χ0v) is 15.8. The van der Waals surface area contributed by atoms with Crippen LogP contribution in [0.15, 0.2) is 42.6 Å². The lowest BCUT2D eigenvalue weighted by Crippen LogP contribution is -2.34. The van der Waals surface area contributed by atoms with Crippen molar-refractivity contribution in [1.29, 1.82) is 0 Å². The molecule has 0 atom stereocenters. The number of sulfonamides is 1. The van der Waals surface area contributed by atoms with Gasteiger partial charge in [0.1, 0.15) is 23.9 Å². The average molecular weight is 427 g/mol. The van der Waals surface area contributed by atoms with E-state index in [0.717, 1.165) is 6.20 Å². The molecule has 1 heterocycles. The van der Waals surface area contributed by atoms with E-state index in [1.165, 1.54) is 36.4 Å². The number of rotatable bonds is 9. The molecule has 0 spiro atoms. The maximum atomic E-state index is 12.8. The molecule has 0 aliphatic carbocycles. The minimum Gasteiger partial charge on any atom is -0.492 e. The maximum absolute atomic E-state index is 12.8. The minimum atomic E-state index is -3.99. The van der Waals surface area contributed by atoms with Gasteiger partial charge in [0, 0.05) is 18.8 Å². The molecule has 0 saturated heterocycles. The number of benzene rings is 1. The molecule has 10 nitrogen and oxygen atoms in total. The average Bonchev–Trinajstić information content (AvgIpc) is 2.68. The molecule has 2 rings (SSSR count). The summed E-state index contributed by atoms with van der Waals surface area (Å²) in [5.74, 6) is -1.71. The predicted molar refractivity (Wildman–Crippen MR) is 98.5 cm³/mol. The van der Waals surface area contributed by atoms with Crippen molar-refractivity contribution in [3.05, 3.63) is 54.0 Å². The second-order valence-electron chi connectivity index (χ2n) is 5.48. The van der Waals surface area contributed by atoms with Gasteiger partial charge in [0.15, 0.2) is 0 Å². The first kappa shape index (κ1) is 22.0. The zero-order valence-electron chi connectivity index (χ0n) is 15.0. The van der Waals surface area contributed by atoms with Crippen LogP contribution in [0.1, 0.15) is 10.4 Å². The minimum absolute atomic E-state index is 0.00204. The monoisotopic (exact) mass is 427 g/mol. The number of nitrogens with one attached hydrogen (secondary N) is 2. The molecule has 156 valence electrons. The number of aliphatic hydroxyl groups is 1. The first-order valence-corrected chi connectivity index (χ1v) is 9.90. The number of aromatic nitrogens is 1. The molecule has 0 radical (unpaired) electrons. The van der Waals surface area contributed by atoms with Crippen LogP contribution in [0, 0.1) is 5.82 Å². The first-order chi connectivity index (χ1) is 13.8. The smallest absolute Gasteiger partial charge is 0.414 e. The lowest BCUT2D eigenvalue weighted by atomic mass is 10.3. The van der Waals surface area contributed by atoms with Crippen LogP contribution in [0.5, 0.6) is 11.6 Å². The number of hydrogen-bond acceptors (Lipinski definition) is 8. The molecule has 2 aromatic rings. The van der Waals surface area contributed by atoms with Gasteiger partial charge in [0.05, 0.1) is 12.2 Å². The number of nitrogens with zero attached hydrogens (tertiary/aromatic N) is 1. The van der Waals surface area contributed by atoms with Crippen molar-refractivity contribution in [2.75, 3.05) is 25.5 Å². The van der Waals surface area contributed by atoms with E-state index >= 15 is 0 Å². The van der Waals surface area contributed by atoms with Crippen molar-refractivity contribution in [1.82, 2.24) is 15.0 Å². The normalized spacial score (nSPS) is 10.8. The number of carbonyl (C=O) groups is 2. The van der Waals surface area contributed by atoms with Crippen molar-refractivity contribution in [2.24, 2.45) is 0 Å². The summed E-state index contributed by atoms with van der Waals surface area (Å²) < 4.78 is 48.6. The van der Waals surface area contributed by atoms with Crippen molar-refractivity contribution >= 4 is 22.0 Å². The summed E-state index contributed by atoms with van der Waals surface area (Å²) in [7, 11) is -3.99. The maximum Gasteiger partial charge on any atom is 0.414 e. The van der Waals surface area contributed by atoms with Crippen LogP contribution in [0.3, 0.4) is 0 Å². The molecular weight excluding hydrogens is 409 g/mol. The van der Waals surface area contributed by atoms with Crippen molar-refractivity contribution in [3.8, 4) is 11.6 Å². The molecular formula is C17H18FN3O7S. The Morgan fingerprint density at radius 3 is 2.48 bits per heavy atom. The number of carbonyl (C=O) groups excluding carboxylic acids is 2. The third-order valence-corrected chi connectivity index (χ3v) is 4.46. The highest BCUT2D eigenvalue weighted by Gasteiger charge is 2.17. The van der Waals surface area contributed by atoms with Crippen molar-refractivity contribution in [3.63, 3.8) is 0 Å². The molecule has 0 saturated carbocycles. The van der Waals surface area contributed by atoms with Gasteiger partial charge in [-0.3, -0.25) is 4.79 Å². The summed E-state index contributed by atoms with van der Waals surface area (Å²) in [6.45, 7) is -0.505. The fourth-order valence-corrected chi connectivity index (χ4v) is 2.72. The van der Waals surface area contributed by atoms with E-state index < -0.39 is 33.6 Å². The quantitative estimate of drug-likeness (QED) is 0.523. The van der Waals surface area contributed by atoms with Crippen LogP contribution < -0.4 is 19.5 Å². The number of hydrogen-bond donors (Lipinski definition) is 3. The Bertz CT molecular complexity index is 935. The highest BCUT2D eigenvalue weighted by atomic mass is 32.2. The number of ether oxygens (including phenoxy) is 2. The van der Waals surface area contributed by atoms with Gasteiger partial charge in [-0.1, -0.05) is 0 Å². The molecule has 12 heteroatoms. The standard InChI is InChI=1S/C17H18FN3O7S/c18-13-2-4-14(5-3-13)27-9-10-29(25,26)21-16(23)12-1-6-15(20-11-12)28-17(24)19-7-8-22/h1-6,11,22H,7-10H2,(H,19,24)(H,21,23). The Hall–Kier alpha value is -3.25. The second-order valence-corrected chi connectivity index (χ2v) is 7.32. The summed E-state index contributed by atoms with van der Waals surface area (Å²) in [5.41, 5.74) is -0.0730. The van der Waals surface area contributed by atoms with Crippen LogP contribution >= 0.6 is 0 Å². The van der Waals surface area contributed by atoms with E-state index in [2.05, 4.69) is 10.3 Å². The Morgan fingerprint density at radius 2 is 1.86 bits per heavy atom. The fraction of sp³-hybridized carbons (Fsp3) is 0.235. The Balaban J connectivity index is 1.84. The molecule has 1 aromatic carbocycles. The number of aliphatic hydroxyl groups excluding tert-OH is 1. The van der Waals surface area contributed by atoms with Gasteiger partial charge in [-0.2, -0.15) is 0 Å². The van der Waals surface area contributed by atoms with Crippen molar-refractivity contribution in [2.45, 2.75) is 0 Å². The molecule has 2 amide bonds. The molecule has 3 N–H and O–H groups in total. The molecule has 1 aromatic heterocycles. The number of amides is 2. The van der Waals surface area contributed by atoms with Gasteiger partial charge in [-0.25, -0.2) is 27.3 Å². The van der Waals surface area contributed by atoms with Crippen LogP contribution in [0.25, 0.3) is 0 Å². The molecule has 0 unspecified atom stereocenters. The molecule has 0 fully saturated rings. The van der Waals surface area contributed by atoms with Gasteiger partial charge < -0.3 is 19.9 Å². The topological polar surface area (TPSA) is 144 Å². The van der Waals surface area contributed by atoms with Crippen molar-refractivity contribution < 1.29 is 37.0 Å². The molecule has 29 heavy (non-hydrogen) atoms. The van der Waals surface area contributed by atoms with Gasteiger partial charge in [-0.05, 0) is 30.3 Å². The predicted octanol–water partition coefficient (Wildman–Crippen LogP) is 0.440. The van der Waals surface area contributed by atoms with Crippen LogP contribution in [0.2, 0.25) is 0 Å². The van der Waals surface area contributed by atoms with E-state index in [1.807, 2.05) is 4.72 Å². The Kier molecular flexibility index (Phi) is 7.86. The Labute approximate surface area is 165 Å². The summed E-state index contributed by atoms with van der Waals surface area (Å²) in [4.78, 5) is 27.1. The fourth-order valence-electron chi connectivity index (χ4n) is 1.92. The number of halogens is 1. The highest BCUT2D eigenvalue weighted by Crippen LogP contribution is 2.11. The molecule has 0 bridgehead atoms. The highest BCUT2D eigenvalue weighted by molar-refractivity contribution is 7.90. The zero-order chi connectivity index (χ0) is 21.3. The molecule has 0 aliphatic heterocycles. The van der Waals surface area contributed by atoms with E-state index in [4.69, 9.17) is 14.6 Å². The van der Waals surface area contributed by atoms with Gasteiger partial charge in [0.2, 0.25) is 15.9 Å². The van der Waals surface area contributed by atoms with Crippen LogP contribution in [-0.2, 0) is 10.0 Å². The third-order valence-electron chi connectivity index (χ3n) is 3.26.